The van der Waals surface area contributed by atoms with Crippen molar-refractivity contribution in [2.24, 2.45) is 5.92 Å². The number of hydrogen-bond donors (Lipinski definition) is 0. The highest BCUT2D eigenvalue weighted by molar-refractivity contribution is 5.78. The van der Waals surface area contributed by atoms with Gasteiger partial charge in [-0.3, -0.25) is 4.79 Å². The quantitative estimate of drug-likeness (QED) is 0.725. The van der Waals surface area contributed by atoms with E-state index in [1.54, 1.807) is 0 Å². The molecule has 1 fully saturated rings. The summed E-state index contributed by atoms with van der Waals surface area (Å²) in [6, 6.07) is 10.6. The van der Waals surface area contributed by atoms with Crippen LogP contribution in [0.1, 0.15) is 37.7 Å². The van der Waals surface area contributed by atoms with E-state index in [1.807, 2.05) is 31.2 Å². The van der Waals surface area contributed by atoms with Crippen molar-refractivity contribution in [3.63, 3.8) is 0 Å². The van der Waals surface area contributed by atoms with Crippen LogP contribution in [0.2, 0.25) is 0 Å². The predicted octanol–water partition coefficient (Wildman–Crippen LogP) is 2.93. The van der Waals surface area contributed by atoms with Crippen molar-refractivity contribution in [3.8, 4) is 0 Å². The zero-order valence-corrected chi connectivity index (χ0v) is 9.61. The number of carbonyl (C=O) groups excluding carboxylic acids is 1. The minimum absolute atomic E-state index is 0.0664. The van der Waals surface area contributed by atoms with Gasteiger partial charge < -0.3 is 4.74 Å². The molecule has 1 aromatic carbocycles. The van der Waals surface area contributed by atoms with E-state index < -0.39 is 0 Å². The zero-order valence-electron chi connectivity index (χ0n) is 9.61. The molecule has 0 bridgehead atoms. The summed E-state index contributed by atoms with van der Waals surface area (Å²) in [5.41, 5.74) is 1.07. The maximum Gasteiger partial charge on any atom is 0.313 e. The first-order chi connectivity index (χ1) is 7.83. The molecule has 1 radical (unpaired) electrons. The lowest BCUT2D eigenvalue weighted by Gasteiger charge is -2.32. The van der Waals surface area contributed by atoms with Crippen molar-refractivity contribution in [3.05, 3.63) is 35.9 Å². The van der Waals surface area contributed by atoms with E-state index in [2.05, 4.69) is 6.07 Å². The van der Waals surface area contributed by atoms with E-state index in [-0.39, 0.29) is 11.9 Å². The minimum atomic E-state index is -0.0709. The molecule has 1 aliphatic rings. The number of carbonyl (C=O) groups is 1. The van der Waals surface area contributed by atoms with E-state index in [1.165, 1.54) is 6.42 Å². The van der Waals surface area contributed by atoms with E-state index >= 15 is 0 Å². The summed E-state index contributed by atoms with van der Waals surface area (Å²) in [6.45, 7) is 2.31. The Bertz CT molecular complexity index is 341. The molecule has 1 atom stereocenters. The van der Waals surface area contributed by atoms with Crippen LogP contribution in [0.15, 0.2) is 24.3 Å². The first-order valence-corrected chi connectivity index (χ1v) is 5.95. The number of benzene rings is 1. The van der Waals surface area contributed by atoms with Gasteiger partial charge in [0.25, 0.3) is 0 Å². The number of esters is 1. The van der Waals surface area contributed by atoms with Crippen molar-refractivity contribution in [1.29, 1.82) is 0 Å². The van der Waals surface area contributed by atoms with Crippen LogP contribution >= 0.6 is 0 Å². The average Bonchev–Trinajstić information content (AvgIpc) is 2.24. The van der Waals surface area contributed by atoms with Crippen LogP contribution in [0, 0.1) is 12.0 Å². The first kappa shape index (κ1) is 11.2. The van der Waals surface area contributed by atoms with Crippen LogP contribution in [0.25, 0.3) is 0 Å². The summed E-state index contributed by atoms with van der Waals surface area (Å²) in [4.78, 5) is 11.9. The third-order valence-corrected chi connectivity index (χ3v) is 3.26. The second-order valence-corrected chi connectivity index (χ2v) is 4.25. The lowest BCUT2D eigenvalue weighted by atomic mass is 9.73. The molecule has 1 aromatic rings. The van der Waals surface area contributed by atoms with Crippen molar-refractivity contribution in [1.82, 2.24) is 0 Å². The molecule has 2 rings (SSSR count). The summed E-state index contributed by atoms with van der Waals surface area (Å²) in [5, 5.41) is 0. The van der Waals surface area contributed by atoms with Crippen LogP contribution in [0.3, 0.4) is 0 Å². The summed E-state index contributed by atoms with van der Waals surface area (Å²) >= 11 is 0. The van der Waals surface area contributed by atoms with E-state index in [0.29, 0.717) is 12.5 Å². The minimum Gasteiger partial charge on any atom is -0.466 e. The molecule has 0 heterocycles. The lowest BCUT2D eigenvalue weighted by molar-refractivity contribution is -0.147. The van der Waals surface area contributed by atoms with Gasteiger partial charge in [-0.25, -0.2) is 0 Å². The lowest BCUT2D eigenvalue weighted by Crippen LogP contribution is -2.28. The highest BCUT2D eigenvalue weighted by Gasteiger charge is 2.34. The number of rotatable bonds is 4. The molecule has 1 saturated carbocycles. The summed E-state index contributed by atoms with van der Waals surface area (Å²) in [6.07, 6.45) is 3.52. The van der Waals surface area contributed by atoms with E-state index in [4.69, 9.17) is 4.74 Å². The van der Waals surface area contributed by atoms with Crippen LogP contribution < -0.4 is 0 Å². The topological polar surface area (TPSA) is 26.3 Å². The first-order valence-electron chi connectivity index (χ1n) is 5.95. The molecule has 0 saturated heterocycles. The second-order valence-electron chi connectivity index (χ2n) is 4.25. The van der Waals surface area contributed by atoms with Gasteiger partial charge in [0.1, 0.15) is 0 Å². The van der Waals surface area contributed by atoms with Crippen LogP contribution in [-0.2, 0) is 9.53 Å². The van der Waals surface area contributed by atoms with Gasteiger partial charge in [0.2, 0.25) is 0 Å². The third kappa shape index (κ3) is 2.26. The van der Waals surface area contributed by atoms with Crippen molar-refractivity contribution in [2.75, 3.05) is 6.61 Å². The number of hydrogen-bond acceptors (Lipinski definition) is 2. The van der Waals surface area contributed by atoms with E-state index in [0.717, 1.165) is 18.4 Å². The van der Waals surface area contributed by atoms with Crippen molar-refractivity contribution < 1.29 is 9.53 Å². The molecule has 85 valence electrons. The molecular formula is C14H17O2. The highest BCUT2D eigenvalue weighted by Crippen LogP contribution is 2.39. The maximum absolute atomic E-state index is 11.9. The maximum atomic E-state index is 11.9. The van der Waals surface area contributed by atoms with Crippen LogP contribution in [0.4, 0.5) is 0 Å². The Morgan fingerprint density at radius 1 is 1.50 bits per heavy atom. The van der Waals surface area contributed by atoms with Gasteiger partial charge in [-0.1, -0.05) is 30.7 Å². The standard InChI is InChI=1S/C14H17O2/c1-2-16-14(15)13(12-9-6-10-12)11-7-4-3-5-8-11/h4-5,7-8,12-13H,2,6,9-10H2,1H3. The molecule has 0 N–H and O–H groups in total. The number of ether oxygens (including phenoxy) is 1. The molecule has 1 aliphatic carbocycles. The second kappa shape index (κ2) is 5.15. The molecule has 16 heavy (non-hydrogen) atoms. The molecular weight excluding hydrogens is 200 g/mol. The molecule has 0 amide bonds. The Morgan fingerprint density at radius 3 is 2.69 bits per heavy atom. The fraction of sp³-hybridized carbons (Fsp3) is 0.500. The zero-order chi connectivity index (χ0) is 11.4. The van der Waals surface area contributed by atoms with Gasteiger partial charge in [-0.15, -0.1) is 0 Å². The van der Waals surface area contributed by atoms with Gasteiger partial charge in [-0.2, -0.15) is 0 Å². The van der Waals surface area contributed by atoms with Crippen molar-refractivity contribution >= 4 is 5.97 Å². The van der Waals surface area contributed by atoms with Gasteiger partial charge >= 0.3 is 5.97 Å². The Morgan fingerprint density at radius 2 is 2.19 bits per heavy atom. The van der Waals surface area contributed by atoms with Gasteiger partial charge in [0.15, 0.2) is 0 Å². The Kier molecular flexibility index (Phi) is 3.60. The molecule has 2 nitrogen and oxygen atoms in total. The Labute approximate surface area is 96.6 Å². The van der Waals surface area contributed by atoms with Crippen molar-refractivity contribution in [2.45, 2.75) is 32.1 Å². The van der Waals surface area contributed by atoms with Gasteiger partial charge in [0.05, 0.1) is 12.5 Å². The SMILES string of the molecule is CCOC(=O)C(c1cc[c]cc1)C1CCC1. The predicted molar refractivity (Wildman–Crippen MR) is 62.0 cm³/mol. The summed E-state index contributed by atoms with van der Waals surface area (Å²) < 4.78 is 5.17. The summed E-state index contributed by atoms with van der Waals surface area (Å²) in [5.74, 6) is 0.336. The Hall–Kier alpha value is -1.31. The molecule has 0 aliphatic heterocycles. The highest BCUT2D eigenvalue weighted by atomic mass is 16.5. The van der Waals surface area contributed by atoms with Crippen LogP contribution in [0.5, 0.6) is 0 Å². The van der Waals surface area contributed by atoms with E-state index in [9.17, 15) is 4.79 Å². The monoisotopic (exact) mass is 217 g/mol. The average molecular weight is 217 g/mol. The van der Waals surface area contributed by atoms with Gasteiger partial charge in [0, 0.05) is 0 Å². The largest absolute Gasteiger partial charge is 0.466 e. The fourth-order valence-electron chi connectivity index (χ4n) is 2.21. The smallest absolute Gasteiger partial charge is 0.313 e. The van der Waals surface area contributed by atoms with Gasteiger partial charge in [-0.05, 0) is 37.3 Å². The normalized spacial score (nSPS) is 17.6. The molecule has 2 heteroatoms. The molecule has 1 unspecified atom stereocenters. The molecule has 0 spiro atoms. The summed E-state index contributed by atoms with van der Waals surface area (Å²) in [7, 11) is 0. The Balaban J connectivity index is 2.17. The molecule has 0 aromatic heterocycles. The third-order valence-electron chi connectivity index (χ3n) is 3.26. The fourth-order valence-corrected chi connectivity index (χ4v) is 2.21. The van der Waals surface area contributed by atoms with Crippen LogP contribution in [-0.4, -0.2) is 12.6 Å².